The molecule has 0 amide bonds. The molecule has 1 aromatic rings. The number of benzene rings is 1. The molecule has 3 nitrogen and oxygen atoms in total. The third kappa shape index (κ3) is 4.88. The standard InChI is InChI=1S/C15H22O3/c1-11(2)8-12(3)18-10-15(16)13-6-5-7-14(9-13)17-4/h5-7,9,11-12H,8,10H2,1-4H3. The van der Waals surface area contributed by atoms with Crippen molar-refractivity contribution in [1.29, 1.82) is 0 Å². The zero-order chi connectivity index (χ0) is 13.5. The highest BCUT2D eigenvalue weighted by Crippen LogP contribution is 2.14. The van der Waals surface area contributed by atoms with Crippen molar-refractivity contribution < 1.29 is 14.3 Å². The molecule has 0 radical (unpaired) electrons. The molecular weight excluding hydrogens is 228 g/mol. The molecule has 0 saturated carbocycles. The number of hydrogen-bond acceptors (Lipinski definition) is 3. The third-order valence-corrected chi connectivity index (χ3v) is 2.69. The first kappa shape index (κ1) is 14.7. The Hall–Kier alpha value is -1.35. The van der Waals surface area contributed by atoms with Gasteiger partial charge in [0.2, 0.25) is 0 Å². The second-order valence-electron chi connectivity index (χ2n) is 4.91. The minimum absolute atomic E-state index is 0.00972. The summed E-state index contributed by atoms with van der Waals surface area (Å²) in [5, 5.41) is 0. The van der Waals surface area contributed by atoms with Crippen LogP contribution in [0.25, 0.3) is 0 Å². The van der Waals surface area contributed by atoms with E-state index in [4.69, 9.17) is 9.47 Å². The van der Waals surface area contributed by atoms with Crippen molar-refractivity contribution in [3.8, 4) is 5.75 Å². The lowest BCUT2D eigenvalue weighted by Gasteiger charge is -2.14. The molecule has 0 aliphatic carbocycles. The van der Waals surface area contributed by atoms with E-state index in [1.54, 1.807) is 19.2 Å². The molecule has 1 aromatic carbocycles. The van der Waals surface area contributed by atoms with Gasteiger partial charge in [-0.05, 0) is 31.4 Å². The van der Waals surface area contributed by atoms with Crippen molar-refractivity contribution in [2.75, 3.05) is 13.7 Å². The van der Waals surface area contributed by atoms with Gasteiger partial charge in [-0.25, -0.2) is 0 Å². The Balaban J connectivity index is 2.49. The zero-order valence-electron chi connectivity index (χ0n) is 11.6. The van der Waals surface area contributed by atoms with Crippen molar-refractivity contribution in [2.45, 2.75) is 33.3 Å². The van der Waals surface area contributed by atoms with Gasteiger partial charge in [0, 0.05) is 5.56 Å². The average Bonchev–Trinajstić information content (AvgIpc) is 2.35. The Morgan fingerprint density at radius 3 is 2.61 bits per heavy atom. The number of hydrogen-bond donors (Lipinski definition) is 0. The maximum Gasteiger partial charge on any atom is 0.188 e. The maximum atomic E-state index is 11.9. The summed E-state index contributed by atoms with van der Waals surface area (Å²) in [5.41, 5.74) is 0.631. The molecule has 0 saturated heterocycles. The van der Waals surface area contributed by atoms with Crippen LogP contribution in [0.2, 0.25) is 0 Å². The van der Waals surface area contributed by atoms with E-state index in [9.17, 15) is 4.79 Å². The lowest BCUT2D eigenvalue weighted by Crippen LogP contribution is -2.17. The Morgan fingerprint density at radius 1 is 1.28 bits per heavy atom. The van der Waals surface area contributed by atoms with Crippen LogP contribution in [0.3, 0.4) is 0 Å². The molecule has 0 bridgehead atoms. The number of carbonyl (C=O) groups is 1. The highest BCUT2D eigenvalue weighted by molar-refractivity contribution is 5.97. The van der Waals surface area contributed by atoms with Crippen LogP contribution in [0.5, 0.6) is 5.75 Å². The van der Waals surface area contributed by atoms with Gasteiger partial charge in [0.05, 0.1) is 13.2 Å². The van der Waals surface area contributed by atoms with Crippen LogP contribution >= 0.6 is 0 Å². The lowest BCUT2D eigenvalue weighted by molar-refractivity contribution is 0.0445. The van der Waals surface area contributed by atoms with E-state index in [0.717, 1.165) is 6.42 Å². The summed E-state index contributed by atoms with van der Waals surface area (Å²) in [6.07, 6.45) is 1.07. The van der Waals surface area contributed by atoms with E-state index in [-0.39, 0.29) is 18.5 Å². The van der Waals surface area contributed by atoms with Crippen molar-refractivity contribution >= 4 is 5.78 Å². The van der Waals surface area contributed by atoms with Gasteiger partial charge in [0.15, 0.2) is 5.78 Å². The Labute approximate surface area is 109 Å². The highest BCUT2D eigenvalue weighted by Gasteiger charge is 2.11. The summed E-state index contributed by atoms with van der Waals surface area (Å²) in [6.45, 7) is 6.41. The summed E-state index contributed by atoms with van der Waals surface area (Å²) >= 11 is 0. The third-order valence-electron chi connectivity index (χ3n) is 2.69. The van der Waals surface area contributed by atoms with Gasteiger partial charge in [0.25, 0.3) is 0 Å². The fourth-order valence-corrected chi connectivity index (χ4v) is 1.83. The average molecular weight is 250 g/mol. The summed E-state index contributed by atoms with van der Waals surface area (Å²) < 4.78 is 10.6. The molecule has 0 aliphatic rings. The van der Waals surface area contributed by atoms with Gasteiger partial charge >= 0.3 is 0 Å². The highest BCUT2D eigenvalue weighted by atomic mass is 16.5. The number of rotatable bonds is 7. The van der Waals surface area contributed by atoms with Gasteiger partial charge in [-0.3, -0.25) is 4.79 Å². The second-order valence-corrected chi connectivity index (χ2v) is 4.91. The molecule has 0 N–H and O–H groups in total. The Morgan fingerprint density at radius 2 is 2.00 bits per heavy atom. The molecule has 18 heavy (non-hydrogen) atoms. The molecule has 0 aromatic heterocycles. The fourth-order valence-electron chi connectivity index (χ4n) is 1.83. The predicted molar refractivity (Wildman–Crippen MR) is 72.2 cm³/mol. The van der Waals surface area contributed by atoms with Crippen LogP contribution in [0.15, 0.2) is 24.3 Å². The van der Waals surface area contributed by atoms with Gasteiger partial charge in [-0.2, -0.15) is 0 Å². The predicted octanol–water partition coefficient (Wildman–Crippen LogP) is 3.33. The minimum Gasteiger partial charge on any atom is -0.497 e. The number of ether oxygens (including phenoxy) is 2. The van der Waals surface area contributed by atoms with Crippen LogP contribution in [0.4, 0.5) is 0 Å². The molecule has 1 unspecified atom stereocenters. The zero-order valence-corrected chi connectivity index (χ0v) is 11.6. The molecule has 0 heterocycles. The summed E-state index contributed by atoms with van der Waals surface area (Å²) in [6, 6.07) is 7.14. The van der Waals surface area contributed by atoms with Crippen LogP contribution in [0, 0.1) is 5.92 Å². The van der Waals surface area contributed by atoms with Gasteiger partial charge in [-0.1, -0.05) is 26.0 Å². The van der Waals surface area contributed by atoms with Crippen LogP contribution in [-0.4, -0.2) is 25.6 Å². The minimum atomic E-state index is -0.00972. The van der Waals surface area contributed by atoms with Crippen molar-refractivity contribution in [3.05, 3.63) is 29.8 Å². The van der Waals surface area contributed by atoms with E-state index >= 15 is 0 Å². The van der Waals surface area contributed by atoms with E-state index in [2.05, 4.69) is 13.8 Å². The quantitative estimate of drug-likeness (QED) is 0.696. The Kier molecular flexibility index (Phi) is 5.86. The van der Waals surface area contributed by atoms with Crippen molar-refractivity contribution in [2.24, 2.45) is 5.92 Å². The van der Waals surface area contributed by atoms with E-state index in [0.29, 0.717) is 17.2 Å². The number of carbonyl (C=O) groups excluding carboxylic acids is 1. The summed E-state index contributed by atoms with van der Waals surface area (Å²) in [7, 11) is 1.59. The SMILES string of the molecule is COc1cccc(C(=O)COC(C)CC(C)C)c1. The maximum absolute atomic E-state index is 11.9. The van der Waals surface area contributed by atoms with E-state index < -0.39 is 0 Å². The summed E-state index contributed by atoms with van der Waals surface area (Å²) in [4.78, 5) is 11.9. The van der Waals surface area contributed by atoms with Gasteiger partial charge in [-0.15, -0.1) is 0 Å². The topological polar surface area (TPSA) is 35.5 Å². The molecule has 100 valence electrons. The Bertz CT molecular complexity index is 385. The van der Waals surface area contributed by atoms with Gasteiger partial charge in [0.1, 0.15) is 12.4 Å². The van der Waals surface area contributed by atoms with Gasteiger partial charge < -0.3 is 9.47 Å². The number of methoxy groups -OCH3 is 1. The molecule has 3 heteroatoms. The fraction of sp³-hybridized carbons (Fsp3) is 0.533. The number of Topliss-reactive ketones (excluding diaryl/α,β-unsaturated/α-hetero) is 1. The molecule has 0 aliphatic heterocycles. The largest absolute Gasteiger partial charge is 0.497 e. The first-order chi connectivity index (χ1) is 8.52. The van der Waals surface area contributed by atoms with Crippen LogP contribution < -0.4 is 4.74 Å². The van der Waals surface area contributed by atoms with E-state index in [1.807, 2.05) is 19.1 Å². The molecule has 0 spiro atoms. The smallest absolute Gasteiger partial charge is 0.188 e. The molecule has 1 atom stereocenters. The number of ketones is 1. The first-order valence-corrected chi connectivity index (χ1v) is 6.31. The van der Waals surface area contributed by atoms with Crippen LogP contribution in [0.1, 0.15) is 37.6 Å². The molecule has 1 rings (SSSR count). The van der Waals surface area contributed by atoms with Crippen molar-refractivity contribution in [3.63, 3.8) is 0 Å². The first-order valence-electron chi connectivity index (χ1n) is 6.31. The summed E-state index contributed by atoms with van der Waals surface area (Å²) in [5.74, 6) is 1.26. The molecular formula is C15H22O3. The monoisotopic (exact) mass is 250 g/mol. The molecule has 0 fully saturated rings. The van der Waals surface area contributed by atoms with Crippen molar-refractivity contribution in [1.82, 2.24) is 0 Å². The lowest BCUT2D eigenvalue weighted by atomic mass is 10.1. The van der Waals surface area contributed by atoms with Crippen LogP contribution in [-0.2, 0) is 4.74 Å². The second kappa shape index (κ2) is 7.17. The van der Waals surface area contributed by atoms with E-state index in [1.165, 1.54) is 0 Å². The normalized spacial score (nSPS) is 12.5.